The number of hydrogen-bond acceptors (Lipinski definition) is 5. The second kappa shape index (κ2) is 7.35. The molecule has 0 bridgehead atoms. The molecule has 0 saturated carbocycles. The molecule has 9 heteroatoms. The van der Waals surface area contributed by atoms with E-state index in [2.05, 4.69) is 20.0 Å². The molecular formula is C19H20ClFN6O. The van der Waals surface area contributed by atoms with E-state index in [-0.39, 0.29) is 18.1 Å². The summed E-state index contributed by atoms with van der Waals surface area (Å²) in [6.45, 7) is 6.27. The van der Waals surface area contributed by atoms with Gasteiger partial charge < -0.3 is 9.80 Å². The Morgan fingerprint density at radius 2 is 1.79 bits per heavy atom. The quantitative estimate of drug-likeness (QED) is 0.673. The Bertz CT molecular complexity index is 1030. The maximum absolute atomic E-state index is 13.1. The molecule has 0 unspecified atom stereocenters. The Hall–Kier alpha value is -2.74. The standard InChI is InChI=1S/C19H20ClFN6O/c1-12-18(20)13(2)27-19(22-12)23-16(24-27)11-17(28)26-9-7-25(8-10-26)15-5-3-14(21)4-6-15/h3-6H,7-11H2,1-2H3. The van der Waals surface area contributed by atoms with Gasteiger partial charge in [-0.05, 0) is 38.1 Å². The Kier molecular flexibility index (Phi) is 4.89. The number of anilines is 1. The van der Waals surface area contributed by atoms with Gasteiger partial charge in [0.2, 0.25) is 5.91 Å². The predicted molar refractivity (Wildman–Crippen MR) is 104 cm³/mol. The van der Waals surface area contributed by atoms with Gasteiger partial charge in [-0.15, -0.1) is 5.10 Å². The van der Waals surface area contributed by atoms with Gasteiger partial charge in [-0.3, -0.25) is 4.79 Å². The number of fused-ring (bicyclic) bond motifs is 1. The van der Waals surface area contributed by atoms with Gasteiger partial charge in [-0.1, -0.05) is 11.6 Å². The third-order valence-electron chi connectivity index (χ3n) is 4.99. The molecule has 1 aliphatic rings. The number of piperazine rings is 1. The predicted octanol–water partition coefficient (Wildman–Crippen LogP) is 2.42. The molecule has 1 amide bonds. The fourth-order valence-corrected chi connectivity index (χ4v) is 3.51. The van der Waals surface area contributed by atoms with E-state index in [4.69, 9.17) is 11.6 Å². The van der Waals surface area contributed by atoms with Crippen LogP contribution >= 0.6 is 11.6 Å². The fourth-order valence-electron chi connectivity index (χ4n) is 3.38. The lowest BCUT2D eigenvalue weighted by atomic mass is 10.2. The molecule has 0 aliphatic carbocycles. The van der Waals surface area contributed by atoms with Crippen molar-refractivity contribution in [2.24, 2.45) is 0 Å². The molecule has 0 radical (unpaired) electrons. The van der Waals surface area contributed by atoms with Gasteiger partial charge in [-0.25, -0.2) is 9.37 Å². The van der Waals surface area contributed by atoms with E-state index in [1.165, 1.54) is 12.1 Å². The summed E-state index contributed by atoms with van der Waals surface area (Å²) in [6.07, 6.45) is 0.121. The second-order valence-corrected chi connectivity index (χ2v) is 7.24. The normalized spacial score (nSPS) is 14.7. The Morgan fingerprint density at radius 3 is 2.46 bits per heavy atom. The Morgan fingerprint density at radius 1 is 1.11 bits per heavy atom. The van der Waals surface area contributed by atoms with Crippen LogP contribution in [-0.4, -0.2) is 56.6 Å². The number of aryl methyl sites for hydroxylation is 2. The lowest BCUT2D eigenvalue weighted by Gasteiger charge is -2.36. The average Bonchev–Trinajstić information content (AvgIpc) is 3.09. The summed E-state index contributed by atoms with van der Waals surface area (Å²) >= 11 is 6.21. The van der Waals surface area contributed by atoms with Crippen molar-refractivity contribution in [3.05, 3.63) is 52.3 Å². The van der Waals surface area contributed by atoms with E-state index < -0.39 is 0 Å². The summed E-state index contributed by atoms with van der Waals surface area (Å²) < 4.78 is 14.7. The van der Waals surface area contributed by atoms with Gasteiger partial charge in [0.1, 0.15) is 5.82 Å². The topological polar surface area (TPSA) is 66.6 Å². The molecule has 28 heavy (non-hydrogen) atoms. The second-order valence-electron chi connectivity index (χ2n) is 6.86. The summed E-state index contributed by atoms with van der Waals surface area (Å²) in [5, 5.41) is 4.93. The van der Waals surface area contributed by atoms with Crippen molar-refractivity contribution in [1.82, 2.24) is 24.5 Å². The Labute approximate surface area is 166 Å². The third kappa shape index (κ3) is 3.52. The first kappa shape index (κ1) is 18.6. The molecule has 146 valence electrons. The van der Waals surface area contributed by atoms with Crippen LogP contribution in [0.15, 0.2) is 24.3 Å². The highest BCUT2D eigenvalue weighted by molar-refractivity contribution is 6.31. The monoisotopic (exact) mass is 402 g/mol. The average molecular weight is 403 g/mol. The van der Waals surface area contributed by atoms with Crippen molar-refractivity contribution in [2.75, 3.05) is 31.1 Å². The molecule has 3 aromatic rings. The number of hydrogen-bond donors (Lipinski definition) is 0. The van der Waals surface area contributed by atoms with Gasteiger partial charge in [0.15, 0.2) is 5.82 Å². The Balaban J connectivity index is 1.41. The highest BCUT2D eigenvalue weighted by Crippen LogP contribution is 2.20. The number of carbonyl (C=O) groups excluding carboxylic acids is 1. The minimum absolute atomic E-state index is 0.0184. The highest BCUT2D eigenvalue weighted by atomic mass is 35.5. The first-order valence-electron chi connectivity index (χ1n) is 9.09. The smallest absolute Gasteiger partial charge is 0.252 e. The van der Waals surface area contributed by atoms with E-state index in [1.807, 2.05) is 18.7 Å². The maximum atomic E-state index is 13.1. The first-order valence-corrected chi connectivity index (χ1v) is 9.47. The van der Waals surface area contributed by atoms with Gasteiger partial charge in [0, 0.05) is 31.9 Å². The number of carbonyl (C=O) groups is 1. The maximum Gasteiger partial charge on any atom is 0.252 e. The van der Waals surface area contributed by atoms with E-state index in [0.29, 0.717) is 48.5 Å². The SMILES string of the molecule is Cc1nc2nc(CC(=O)N3CCN(c4ccc(F)cc4)CC3)nn2c(C)c1Cl. The van der Waals surface area contributed by atoms with Crippen molar-refractivity contribution in [3.8, 4) is 0 Å². The number of aromatic nitrogens is 4. The van der Waals surface area contributed by atoms with Crippen LogP contribution in [0.4, 0.5) is 10.1 Å². The molecule has 1 aromatic carbocycles. The lowest BCUT2D eigenvalue weighted by Crippen LogP contribution is -2.49. The third-order valence-corrected chi connectivity index (χ3v) is 5.54. The van der Waals surface area contributed by atoms with E-state index in [0.717, 1.165) is 11.4 Å². The van der Waals surface area contributed by atoms with Crippen LogP contribution < -0.4 is 4.90 Å². The lowest BCUT2D eigenvalue weighted by molar-refractivity contribution is -0.130. The minimum atomic E-state index is -0.251. The van der Waals surface area contributed by atoms with Gasteiger partial charge in [0.05, 0.1) is 22.8 Å². The molecule has 4 rings (SSSR count). The number of halogens is 2. The number of rotatable bonds is 3. The van der Waals surface area contributed by atoms with Crippen LogP contribution in [0, 0.1) is 19.7 Å². The number of nitrogens with zero attached hydrogens (tertiary/aromatic N) is 6. The van der Waals surface area contributed by atoms with Crippen molar-refractivity contribution < 1.29 is 9.18 Å². The van der Waals surface area contributed by atoms with Gasteiger partial charge >= 0.3 is 0 Å². The van der Waals surface area contributed by atoms with E-state index >= 15 is 0 Å². The zero-order chi connectivity index (χ0) is 19.8. The fraction of sp³-hybridized carbons (Fsp3) is 0.368. The zero-order valence-corrected chi connectivity index (χ0v) is 16.4. The molecule has 0 spiro atoms. The van der Waals surface area contributed by atoms with Crippen molar-refractivity contribution in [1.29, 1.82) is 0 Å². The molecule has 3 heterocycles. The number of amides is 1. The molecule has 1 fully saturated rings. The zero-order valence-electron chi connectivity index (χ0n) is 15.7. The molecule has 0 N–H and O–H groups in total. The summed E-state index contributed by atoms with van der Waals surface area (Å²) in [4.78, 5) is 25.3. The molecule has 0 atom stereocenters. The molecule has 7 nitrogen and oxygen atoms in total. The largest absolute Gasteiger partial charge is 0.368 e. The summed E-state index contributed by atoms with van der Waals surface area (Å²) in [5.41, 5.74) is 2.40. The first-order chi connectivity index (χ1) is 13.4. The van der Waals surface area contributed by atoms with Crippen LogP contribution in [0.25, 0.3) is 5.78 Å². The van der Waals surface area contributed by atoms with E-state index in [1.54, 1.807) is 16.6 Å². The molecular weight excluding hydrogens is 383 g/mol. The molecule has 1 aliphatic heterocycles. The van der Waals surface area contributed by atoms with Crippen LogP contribution in [-0.2, 0) is 11.2 Å². The van der Waals surface area contributed by atoms with Gasteiger partial charge in [0.25, 0.3) is 5.78 Å². The van der Waals surface area contributed by atoms with Crippen LogP contribution in [0.1, 0.15) is 17.2 Å². The minimum Gasteiger partial charge on any atom is -0.368 e. The van der Waals surface area contributed by atoms with Crippen molar-refractivity contribution >= 4 is 29.0 Å². The van der Waals surface area contributed by atoms with Crippen molar-refractivity contribution in [2.45, 2.75) is 20.3 Å². The summed E-state index contributed by atoms with van der Waals surface area (Å²) in [7, 11) is 0. The number of benzene rings is 1. The van der Waals surface area contributed by atoms with Crippen LogP contribution in [0.3, 0.4) is 0 Å². The molecule has 1 saturated heterocycles. The highest BCUT2D eigenvalue weighted by Gasteiger charge is 2.23. The van der Waals surface area contributed by atoms with Gasteiger partial charge in [-0.2, -0.15) is 9.50 Å². The van der Waals surface area contributed by atoms with Crippen LogP contribution in [0.2, 0.25) is 5.02 Å². The van der Waals surface area contributed by atoms with E-state index in [9.17, 15) is 9.18 Å². The summed E-state index contributed by atoms with van der Waals surface area (Å²) in [5.74, 6) is 0.612. The molecule has 2 aromatic heterocycles. The van der Waals surface area contributed by atoms with Crippen LogP contribution in [0.5, 0.6) is 0 Å². The summed E-state index contributed by atoms with van der Waals surface area (Å²) in [6, 6.07) is 6.42. The van der Waals surface area contributed by atoms with Crippen molar-refractivity contribution in [3.63, 3.8) is 0 Å².